The van der Waals surface area contributed by atoms with E-state index in [1.54, 1.807) is 0 Å². The van der Waals surface area contributed by atoms with Crippen LogP contribution in [0.2, 0.25) is 0 Å². The van der Waals surface area contributed by atoms with Crippen molar-refractivity contribution in [2.24, 2.45) is 5.92 Å². The van der Waals surface area contributed by atoms with Crippen LogP contribution in [0.1, 0.15) is 51.2 Å². The average Bonchev–Trinajstić information content (AvgIpc) is 3.09. The van der Waals surface area contributed by atoms with Crippen molar-refractivity contribution in [3.63, 3.8) is 0 Å². The molecule has 0 radical (unpaired) electrons. The molecule has 1 unspecified atom stereocenters. The fourth-order valence-corrected chi connectivity index (χ4v) is 3.91. The highest BCUT2D eigenvalue weighted by atomic mass is 16.5. The number of alkyl carbamates (subject to hydrolysis) is 1. The predicted octanol–water partition coefficient (Wildman–Crippen LogP) is 3.92. The topological polar surface area (TPSA) is 105 Å². The molecule has 0 bridgehead atoms. The van der Waals surface area contributed by atoms with Crippen molar-refractivity contribution in [2.45, 2.75) is 51.6 Å². The van der Waals surface area contributed by atoms with Crippen molar-refractivity contribution in [2.75, 3.05) is 6.61 Å². The molecule has 2 aromatic rings. The maximum absolute atomic E-state index is 12.7. The number of carbonyl (C=O) groups is 3. The number of fused-ring (bicyclic) bond motifs is 3. The zero-order chi connectivity index (χ0) is 23.5. The van der Waals surface area contributed by atoms with Gasteiger partial charge in [0.1, 0.15) is 18.2 Å². The number of carboxylic acid groups (broad SMARTS) is 1. The van der Waals surface area contributed by atoms with Crippen LogP contribution in [0.15, 0.2) is 48.5 Å². The second kappa shape index (κ2) is 9.42. The van der Waals surface area contributed by atoms with Crippen molar-refractivity contribution in [1.82, 2.24) is 10.6 Å². The Bertz CT molecular complexity index is 971. The standard InChI is InChI=1S/C25H30N2O5/c1-5-15(2)21(22(28)27-25(3,4)23(29)30)26-24(31)32-14-20-18-12-8-6-10-16(18)17-11-7-9-13-19(17)20/h6-13,15,20-21H,5,14H2,1-4H3,(H,26,31)(H,27,28)(H,29,30)/t15?,21-/m0/s1. The molecular weight excluding hydrogens is 408 g/mol. The van der Waals surface area contributed by atoms with Crippen molar-refractivity contribution >= 4 is 18.0 Å². The summed E-state index contributed by atoms with van der Waals surface area (Å²) in [5, 5.41) is 14.4. The van der Waals surface area contributed by atoms with Gasteiger partial charge in [-0.15, -0.1) is 0 Å². The highest BCUT2D eigenvalue weighted by molar-refractivity contribution is 5.91. The first-order valence-corrected chi connectivity index (χ1v) is 10.8. The first-order chi connectivity index (χ1) is 15.2. The van der Waals surface area contributed by atoms with Crippen molar-refractivity contribution in [3.8, 4) is 11.1 Å². The van der Waals surface area contributed by atoms with Gasteiger partial charge in [-0.25, -0.2) is 9.59 Å². The third-order valence-corrected chi connectivity index (χ3v) is 6.08. The van der Waals surface area contributed by atoms with E-state index in [2.05, 4.69) is 22.8 Å². The molecule has 7 heteroatoms. The summed E-state index contributed by atoms with van der Waals surface area (Å²) in [6, 6.07) is 15.2. The van der Waals surface area contributed by atoms with Crippen LogP contribution in [0.3, 0.4) is 0 Å². The summed E-state index contributed by atoms with van der Waals surface area (Å²) >= 11 is 0. The first-order valence-electron chi connectivity index (χ1n) is 10.8. The zero-order valence-electron chi connectivity index (χ0n) is 18.8. The molecule has 1 aliphatic carbocycles. The van der Waals surface area contributed by atoms with Gasteiger partial charge in [0.25, 0.3) is 0 Å². The van der Waals surface area contributed by atoms with E-state index in [9.17, 15) is 19.5 Å². The van der Waals surface area contributed by atoms with Crippen LogP contribution in [0.25, 0.3) is 11.1 Å². The van der Waals surface area contributed by atoms with Gasteiger partial charge in [-0.1, -0.05) is 68.8 Å². The number of carboxylic acids is 1. The Balaban J connectivity index is 1.70. The molecule has 2 aromatic carbocycles. The number of hydrogen-bond acceptors (Lipinski definition) is 4. The summed E-state index contributed by atoms with van der Waals surface area (Å²) in [5.41, 5.74) is 3.00. The van der Waals surface area contributed by atoms with E-state index in [1.807, 2.05) is 50.2 Å². The van der Waals surface area contributed by atoms with Gasteiger partial charge in [0.05, 0.1) is 0 Å². The molecule has 0 spiro atoms. The molecule has 2 atom stereocenters. The lowest BCUT2D eigenvalue weighted by Crippen LogP contribution is -2.58. The van der Waals surface area contributed by atoms with Crippen LogP contribution in [0, 0.1) is 5.92 Å². The van der Waals surface area contributed by atoms with Crippen LogP contribution < -0.4 is 10.6 Å². The molecule has 7 nitrogen and oxygen atoms in total. The monoisotopic (exact) mass is 438 g/mol. The summed E-state index contributed by atoms with van der Waals surface area (Å²) in [5.74, 6) is -2.01. The quantitative estimate of drug-likeness (QED) is 0.579. The minimum absolute atomic E-state index is 0.0880. The molecule has 2 amide bonds. The molecule has 3 rings (SSSR count). The fraction of sp³-hybridized carbons (Fsp3) is 0.400. The van der Waals surface area contributed by atoms with E-state index in [0.29, 0.717) is 6.42 Å². The van der Waals surface area contributed by atoms with Crippen LogP contribution in [0.5, 0.6) is 0 Å². The number of nitrogens with one attached hydrogen (secondary N) is 2. The second-order valence-electron chi connectivity index (χ2n) is 8.75. The number of rotatable bonds is 8. The molecule has 0 aliphatic heterocycles. The second-order valence-corrected chi connectivity index (χ2v) is 8.75. The zero-order valence-corrected chi connectivity index (χ0v) is 18.8. The Morgan fingerprint density at radius 2 is 1.56 bits per heavy atom. The maximum Gasteiger partial charge on any atom is 0.407 e. The van der Waals surface area contributed by atoms with E-state index >= 15 is 0 Å². The van der Waals surface area contributed by atoms with Crippen molar-refractivity contribution < 1.29 is 24.2 Å². The fourth-order valence-electron chi connectivity index (χ4n) is 3.91. The number of ether oxygens (including phenoxy) is 1. The van der Waals surface area contributed by atoms with Crippen LogP contribution in [-0.2, 0) is 14.3 Å². The maximum atomic E-state index is 12.7. The van der Waals surface area contributed by atoms with Crippen LogP contribution in [0.4, 0.5) is 4.79 Å². The molecule has 170 valence electrons. The first kappa shape index (κ1) is 23.3. The van der Waals surface area contributed by atoms with Crippen LogP contribution >= 0.6 is 0 Å². The predicted molar refractivity (Wildman–Crippen MR) is 121 cm³/mol. The van der Waals surface area contributed by atoms with E-state index in [1.165, 1.54) is 13.8 Å². The van der Waals surface area contributed by atoms with Gasteiger partial charge in [0.15, 0.2) is 0 Å². The molecule has 0 heterocycles. The molecule has 0 saturated heterocycles. The summed E-state index contributed by atoms with van der Waals surface area (Å²) < 4.78 is 5.55. The largest absolute Gasteiger partial charge is 0.480 e. The average molecular weight is 439 g/mol. The van der Waals surface area contributed by atoms with Gasteiger partial charge in [0.2, 0.25) is 5.91 Å². The lowest BCUT2D eigenvalue weighted by Gasteiger charge is -2.28. The Hall–Kier alpha value is -3.35. The normalized spacial score (nSPS) is 14.6. The summed E-state index contributed by atoms with van der Waals surface area (Å²) in [6.45, 7) is 6.65. The number of carbonyl (C=O) groups excluding carboxylic acids is 2. The van der Waals surface area contributed by atoms with E-state index in [4.69, 9.17) is 4.74 Å². The molecule has 0 fully saturated rings. The van der Waals surface area contributed by atoms with Gasteiger partial charge in [0, 0.05) is 5.92 Å². The lowest BCUT2D eigenvalue weighted by molar-refractivity contribution is -0.146. The van der Waals surface area contributed by atoms with E-state index in [0.717, 1.165) is 22.3 Å². The third-order valence-electron chi connectivity index (χ3n) is 6.08. The van der Waals surface area contributed by atoms with Gasteiger partial charge in [-0.3, -0.25) is 4.79 Å². The van der Waals surface area contributed by atoms with Gasteiger partial charge in [-0.2, -0.15) is 0 Å². The Morgan fingerprint density at radius 3 is 2.06 bits per heavy atom. The molecule has 1 aliphatic rings. The van der Waals surface area contributed by atoms with Gasteiger partial charge in [-0.05, 0) is 42.0 Å². The molecule has 3 N–H and O–H groups in total. The van der Waals surface area contributed by atoms with E-state index < -0.39 is 29.6 Å². The minimum atomic E-state index is -1.45. The number of hydrogen-bond donors (Lipinski definition) is 3. The Labute approximate surface area is 188 Å². The van der Waals surface area contributed by atoms with Crippen molar-refractivity contribution in [1.29, 1.82) is 0 Å². The summed E-state index contributed by atoms with van der Waals surface area (Å²) in [7, 11) is 0. The highest BCUT2D eigenvalue weighted by Gasteiger charge is 2.35. The van der Waals surface area contributed by atoms with Gasteiger partial charge < -0.3 is 20.5 Å². The molecule has 0 aromatic heterocycles. The Kier molecular flexibility index (Phi) is 6.87. The molecule has 32 heavy (non-hydrogen) atoms. The number of benzene rings is 2. The number of aliphatic carboxylic acids is 1. The molecular formula is C25H30N2O5. The van der Waals surface area contributed by atoms with Crippen molar-refractivity contribution in [3.05, 3.63) is 59.7 Å². The summed E-state index contributed by atoms with van der Waals surface area (Å²) in [4.78, 5) is 36.7. The summed E-state index contributed by atoms with van der Waals surface area (Å²) in [6.07, 6.45) is -0.0876. The van der Waals surface area contributed by atoms with E-state index in [-0.39, 0.29) is 18.4 Å². The molecule has 0 saturated carbocycles. The smallest absolute Gasteiger partial charge is 0.407 e. The Morgan fingerprint density at radius 1 is 1.03 bits per heavy atom. The SMILES string of the molecule is CCC(C)[C@H](NC(=O)OCC1c2ccccc2-c2ccccc21)C(=O)NC(C)(C)C(=O)O. The third kappa shape index (κ3) is 4.77. The van der Waals surface area contributed by atoms with Gasteiger partial charge >= 0.3 is 12.1 Å². The number of amides is 2. The van der Waals surface area contributed by atoms with Crippen LogP contribution in [-0.4, -0.2) is 41.3 Å². The highest BCUT2D eigenvalue weighted by Crippen LogP contribution is 2.44. The lowest BCUT2D eigenvalue weighted by atomic mass is 9.96. The minimum Gasteiger partial charge on any atom is -0.480 e.